The number of methoxy groups -OCH3 is 2. The van der Waals surface area contributed by atoms with Crippen LogP contribution < -0.4 is 14.8 Å². The van der Waals surface area contributed by atoms with Crippen molar-refractivity contribution < 1.29 is 23.8 Å². The number of esters is 1. The van der Waals surface area contributed by atoms with E-state index in [-0.39, 0.29) is 12.2 Å². The van der Waals surface area contributed by atoms with Gasteiger partial charge in [0, 0.05) is 5.69 Å². The van der Waals surface area contributed by atoms with Crippen molar-refractivity contribution in [3.8, 4) is 11.5 Å². The summed E-state index contributed by atoms with van der Waals surface area (Å²) in [6.45, 7) is 3.91. The molecule has 0 spiro atoms. The number of benzene rings is 2. The van der Waals surface area contributed by atoms with Crippen LogP contribution in [0.15, 0.2) is 42.5 Å². The fourth-order valence-electron chi connectivity index (χ4n) is 2.51. The summed E-state index contributed by atoms with van der Waals surface area (Å²) in [7, 11) is 2.99. The molecule has 0 fully saturated rings. The number of ether oxygens (including phenoxy) is 3. The Morgan fingerprint density at radius 3 is 2.26 bits per heavy atom. The molecule has 0 unspecified atom stereocenters. The molecule has 2 aromatic carbocycles. The molecule has 0 radical (unpaired) electrons. The fourth-order valence-corrected chi connectivity index (χ4v) is 2.51. The molecule has 1 atom stereocenters. The Kier molecular flexibility index (Phi) is 7.23. The van der Waals surface area contributed by atoms with Gasteiger partial charge in [-0.3, -0.25) is 4.79 Å². The Hall–Kier alpha value is -3.02. The molecular formula is C21H25NO5. The van der Waals surface area contributed by atoms with Gasteiger partial charge in [-0.05, 0) is 48.2 Å². The quantitative estimate of drug-likeness (QED) is 0.710. The van der Waals surface area contributed by atoms with Crippen molar-refractivity contribution in [3.05, 3.63) is 53.6 Å². The smallest absolute Gasteiger partial charge is 0.338 e. The highest BCUT2D eigenvalue weighted by Gasteiger charge is 2.14. The lowest BCUT2D eigenvalue weighted by molar-refractivity contribution is -0.119. The SMILES string of the molecule is CC[C@H](C)c1ccc(NC(=O)COC(=O)c2ccc(OC)c(OC)c2)cc1. The van der Waals surface area contributed by atoms with Crippen molar-refractivity contribution in [2.75, 3.05) is 26.1 Å². The highest BCUT2D eigenvalue weighted by molar-refractivity contribution is 5.95. The lowest BCUT2D eigenvalue weighted by Crippen LogP contribution is -2.21. The van der Waals surface area contributed by atoms with Crippen LogP contribution in [0.1, 0.15) is 42.1 Å². The van der Waals surface area contributed by atoms with Crippen LogP contribution in [0.2, 0.25) is 0 Å². The lowest BCUT2D eigenvalue weighted by Gasteiger charge is -2.11. The van der Waals surface area contributed by atoms with Crippen molar-refractivity contribution in [2.24, 2.45) is 0 Å². The van der Waals surface area contributed by atoms with Crippen LogP contribution in [0.3, 0.4) is 0 Å². The zero-order valence-corrected chi connectivity index (χ0v) is 16.1. The summed E-state index contributed by atoms with van der Waals surface area (Å²) in [6.07, 6.45) is 1.05. The van der Waals surface area contributed by atoms with Crippen molar-refractivity contribution in [1.82, 2.24) is 0 Å². The molecule has 6 heteroatoms. The zero-order valence-electron chi connectivity index (χ0n) is 16.1. The van der Waals surface area contributed by atoms with Gasteiger partial charge in [0.1, 0.15) is 0 Å². The van der Waals surface area contributed by atoms with Gasteiger partial charge in [-0.1, -0.05) is 26.0 Å². The van der Waals surface area contributed by atoms with E-state index >= 15 is 0 Å². The number of hydrogen-bond acceptors (Lipinski definition) is 5. The van der Waals surface area contributed by atoms with Crippen LogP contribution in [0.5, 0.6) is 11.5 Å². The second-order valence-electron chi connectivity index (χ2n) is 6.13. The molecular weight excluding hydrogens is 346 g/mol. The summed E-state index contributed by atoms with van der Waals surface area (Å²) >= 11 is 0. The van der Waals surface area contributed by atoms with E-state index in [9.17, 15) is 9.59 Å². The van der Waals surface area contributed by atoms with E-state index in [1.54, 1.807) is 12.1 Å². The van der Waals surface area contributed by atoms with Gasteiger partial charge in [0.2, 0.25) is 0 Å². The normalized spacial score (nSPS) is 11.4. The van der Waals surface area contributed by atoms with Crippen molar-refractivity contribution in [2.45, 2.75) is 26.2 Å². The maximum atomic E-state index is 12.1. The molecule has 6 nitrogen and oxygen atoms in total. The Morgan fingerprint density at radius 2 is 1.67 bits per heavy atom. The van der Waals surface area contributed by atoms with Crippen LogP contribution in [-0.2, 0) is 9.53 Å². The third-order valence-electron chi connectivity index (χ3n) is 4.33. The van der Waals surface area contributed by atoms with E-state index in [0.29, 0.717) is 23.1 Å². The number of nitrogens with one attached hydrogen (secondary N) is 1. The molecule has 0 heterocycles. The second kappa shape index (κ2) is 9.62. The number of rotatable bonds is 8. The fraction of sp³-hybridized carbons (Fsp3) is 0.333. The third kappa shape index (κ3) is 5.48. The minimum atomic E-state index is -0.613. The van der Waals surface area contributed by atoms with Crippen LogP contribution in [0, 0.1) is 0 Å². The first-order valence-corrected chi connectivity index (χ1v) is 8.77. The van der Waals surface area contributed by atoms with E-state index in [2.05, 4.69) is 19.2 Å². The van der Waals surface area contributed by atoms with Gasteiger partial charge in [0.25, 0.3) is 5.91 Å². The summed E-state index contributed by atoms with van der Waals surface area (Å²) in [5, 5.41) is 2.71. The maximum Gasteiger partial charge on any atom is 0.338 e. The van der Waals surface area contributed by atoms with Gasteiger partial charge in [-0.25, -0.2) is 4.79 Å². The van der Waals surface area contributed by atoms with Gasteiger partial charge in [-0.2, -0.15) is 0 Å². The summed E-state index contributed by atoms with van der Waals surface area (Å²) < 4.78 is 15.3. The largest absolute Gasteiger partial charge is 0.493 e. The summed E-state index contributed by atoms with van der Waals surface area (Å²) in [4.78, 5) is 24.1. The van der Waals surface area contributed by atoms with E-state index in [1.807, 2.05) is 24.3 Å². The first-order valence-electron chi connectivity index (χ1n) is 8.77. The summed E-state index contributed by atoms with van der Waals surface area (Å²) in [5.41, 5.74) is 2.16. The van der Waals surface area contributed by atoms with Crippen molar-refractivity contribution in [1.29, 1.82) is 0 Å². The Bertz CT molecular complexity index is 786. The molecule has 0 bridgehead atoms. The van der Waals surface area contributed by atoms with Crippen LogP contribution in [0.4, 0.5) is 5.69 Å². The van der Waals surface area contributed by atoms with Crippen LogP contribution >= 0.6 is 0 Å². The third-order valence-corrected chi connectivity index (χ3v) is 4.33. The molecule has 0 aliphatic heterocycles. The van der Waals surface area contributed by atoms with E-state index in [1.165, 1.54) is 25.8 Å². The lowest BCUT2D eigenvalue weighted by atomic mass is 9.99. The van der Waals surface area contributed by atoms with E-state index < -0.39 is 11.9 Å². The predicted octanol–water partition coefficient (Wildman–Crippen LogP) is 4.01. The average Bonchev–Trinajstić information content (AvgIpc) is 2.71. The molecule has 2 rings (SSSR count). The number of amides is 1. The monoisotopic (exact) mass is 371 g/mol. The minimum absolute atomic E-state index is 0.276. The van der Waals surface area contributed by atoms with Crippen LogP contribution in [-0.4, -0.2) is 32.7 Å². The van der Waals surface area contributed by atoms with Gasteiger partial charge < -0.3 is 19.5 Å². The van der Waals surface area contributed by atoms with Crippen molar-refractivity contribution >= 4 is 17.6 Å². The van der Waals surface area contributed by atoms with Gasteiger partial charge in [0.05, 0.1) is 19.8 Å². The molecule has 1 N–H and O–H groups in total. The molecule has 2 aromatic rings. The van der Waals surface area contributed by atoms with Gasteiger partial charge >= 0.3 is 5.97 Å². The Balaban J connectivity index is 1.90. The summed E-state index contributed by atoms with van der Waals surface area (Å²) in [6, 6.07) is 12.3. The first-order chi connectivity index (χ1) is 13.0. The molecule has 1 amide bonds. The highest BCUT2D eigenvalue weighted by atomic mass is 16.5. The number of hydrogen-bond donors (Lipinski definition) is 1. The molecule has 0 saturated heterocycles. The number of anilines is 1. The topological polar surface area (TPSA) is 73.9 Å². The highest BCUT2D eigenvalue weighted by Crippen LogP contribution is 2.27. The zero-order chi connectivity index (χ0) is 19.8. The molecule has 0 saturated carbocycles. The number of carbonyl (C=O) groups is 2. The van der Waals surface area contributed by atoms with E-state index in [4.69, 9.17) is 14.2 Å². The molecule has 0 aliphatic rings. The van der Waals surface area contributed by atoms with E-state index in [0.717, 1.165) is 6.42 Å². The van der Waals surface area contributed by atoms with Gasteiger partial charge in [0.15, 0.2) is 18.1 Å². The predicted molar refractivity (Wildman–Crippen MR) is 104 cm³/mol. The summed E-state index contributed by atoms with van der Waals surface area (Å²) in [5.74, 6) is 0.376. The molecule has 144 valence electrons. The second-order valence-corrected chi connectivity index (χ2v) is 6.13. The first kappa shape index (κ1) is 20.3. The average molecular weight is 371 g/mol. The Morgan fingerprint density at radius 1 is 1.00 bits per heavy atom. The molecule has 0 aromatic heterocycles. The van der Waals surface area contributed by atoms with Crippen molar-refractivity contribution in [3.63, 3.8) is 0 Å². The standard InChI is InChI=1S/C21H25NO5/c1-5-14(2)15-6-9-17(10-7-15)22-20(23)13-27-21(24)16-8-11-18(25-3)19(12-16)26-4/h6-12,14H,5,13H2,1-4H3,(H,22,23)/t14-/m0/s1. The Labute approximate surface area is 159 Å². The van der Waals surface area contributed by atoms with Gasteiger partial charge in [-0.15, -0.1) is 0 Å². The number of carbonyl (C=O) groups excluding carboxylic acids is 2. The van der Waals surface area contributed by atoms with Crippen LogP contribution in [0.25, 0.3) is 0 Å². The molecule has 27 heavy (non-hydrogen) atoms. The molecule has 0 aliphatic carbocycles. The minimum Gasteiger partial charge on any atom is -0.493 e. The maximum absolute atomic E-state index is 12.1.